The van der Waals surface area contributed by atoms with Crippen LogP contribution < -0.4 is 15.8 Å². The van der Waals surface area contributed by atoms with Crippen LogP contribution in [0.5, 0.6) is 0 Å². The fraction of sp³-hybridized carbons (Fsp3) is 0.524. The molecule has 2 aromatic heterocycles. The maximum Gasteiger partial charge on any atom is 0.269 e. The van der Waals surface area contributed by atoms with Crippen molar-refractivity contribution in [3.63, 3.8) is 0 Å². The molecule has 2 N–H and O–H groups in total. The Morgan fingerprint density at radius 1 is 1.25 bits per heavy atom. The van der Waals surface area contributed by atoms with Gasteiger partial charge in [-0.15, -0.1) is 0 Å². The molecule has 0 bridgehead atoms. The SMILES string of the molecule is COC[C@@H](COCCC(=O)N1CCN(c2ccc(Cl)cn2)CC1)Nc1cn[nH]c(=O)c1C. The van der Waals surface area contributed by atoms with Gasteiger partial charge in [0.15, 0.2) is 0 Å². The second-order valence-electron chi connectivity index (χ2n) is 7.56. The number of halogens is 1. The number of aromatic amines is 1. The van der Waals surface area contributed by atoms with Crippen molar-refractivity contribution in [3.05, 3.63) is 45.5 Å². The van der Waals surface area contributed by atoms with Gasteiger partial charge in [-0.3, -0.25) is 9.59 Å². The van der Waals surface area contributed by atoms with Gasteiger partial charge in [0, 0.05) is 45.0 Å². The molecule has 174 valence electrons. The van der Waals surface area contributed by atoms with Crippen molar-refractivity contribution < 1.29 is 14.3 Å². The van der Waals surface area contributed by atoms with Crippen LogP contribution in [-0.4, -0.2) is 85.1 Å². The number of hydrogen-bond donors (Lipinski definition) is 2. The summed E-state index contributed by atoms with van der Waals surface area (Å²) in [5, 5.41) is 10.0. The molecule has 0 radical (unpaired) electrons. The summed E-state index contributed by atoms with van der Waals surface area (Å²) in [5.41, 5.74) is 0.928. The number of H-pyrrole nitrogens is 1. The summed E-state index contributed by atoms with van der Waals surface area (Å²) >= 11 is 5.89. The number of amides is 1. The number of carbonyl (C=O) groups excluding carboxylic acids is 1. The number of rotatable bonds is 10. The van der Waals surface area contributed by atoms with Gasteiger partial charge in [-0.25, -0.2) is 10.1 Å². The van der Waals surface area contributed by atoms with Crippen LogP contribution in [0, 0.1) is 6.92 Å². The number of pyridine rings is 1. The summed E-state index contributed by atoms with van der Waals surface area (Å²) in [5.74, 6) is 0.937. The van der Waals surface area contributed by atoms with Gasteiger partial charge in [-0.05, 0) is 19.1 Å². The van der Waals surface area contributed by atoms with Crippen LogP contribution in [0.25, 0.3) is 0 Å². The van der Waals surface area contributed by atoms with E-state index < -0.39 is 0 Å². The van der Waals surface area contributed by atoms with Crippen molar-refractivity contribution in [3.8, 4) is 0 Å². The lowest BCUT2D eigenvalue weighted by molar-refractivity contribution is -0.132. The summed E-state index contributed by atoms with van der Waals surface area (Å²) in [7, 11) is 1.60. The highest BCUT2D eigenvalue weighted by molar-refractivity contribution is 6.30. The van der Waals surface area contributed by atoms with E-state index in [-0.39, 0.29) is 17.5 Å². The summed E-state index contributed by atoms with van der Waals surface area (Å²) in [4.78, 5) is 32.6. The van der Waals surface area contributed by atoms with E-state index in [2.05, 4.69) is 25.4 Å². The summed E-state index contributed by atoms with van der Waals surface area (Å²) in [6, 6.07) is 3.53. The second kappa shape index (κ2) is 11.8. The van der Waals surface area contributed by atoms with Gasteiger partial charge >= 0.3 is 0 Å². The number of carbonyl (C=O) groups is 1. The molecule has 1 atom stereocenters. The molecule has 32 heavy (non-hydrogen) atoms. The molecule has 1 aliphatic heterocycles. The van der Waals surface area contributed by atoms with Gasteiger partial charge in [0.1, 0.15) is 5.82 Å². The van der Waals surface area contributed by atoms with E-state index in [4.69, 9.17) is 21.1 Å². The number of hydrogen-bond acceptors (Lipinski definition) is 8. The Hall–Kier alpha value is -2.69. The van der Waals surface area contributed by atoms with Crippen molar-refractivity contribution in [2.24, 2.45) is 0 Å². The van der Waals surface area contributed by atoms with Gasteiger partial charge in [-0.2, -0.15) is 5.10 Å². The van der Waals surface area contributed by atoms with Crippen LogP contribution in [0.15, 0.2) is 29.3 Å². The maximum atomic E-state index is 12.5. The van der Waals surface area contributed by atoms with Gasteiger partial charge < -0.3 is 24.6 Å². The Balaban J connectivity index is 1.39. The molecule has 1 saturated heterocycles. The Morgan fingerprint density at radius 3 is 2.72 bits per heavy atom. The molecule has 0 spiro atoms. The fourth-order valence-electron chi connectivity index (χ4n) is 3.44. The average molecular weight is 465 g/mol. The normalized spacial score (nSPS) is 15.0. The monoisotopic (exact) mass is 464 g/mol. The molecule has 2 aromatic rings. The number of nitrogens with one attached hydrogen (secondary N) is 2. The molecule has 10 nitrogen and oxygen atoms in total. The zero-order valence-corrected chi connectivity index (χ0v) is 19.1. The average Bonchev–Trinajstić information content (AvgIpc) is 2.80. The number of ether oxygens (including phenoxy) is 2. The molecule has 1 aliphatic rings. The Labute approximate surface area is 191 Å². The van der Waals surface area contributed by atoms with Crippen molar-refractivity contribution in [2.75, 3.05) is 63.3 Å². The van der Waals surface area contributed by atoms with Gasteiger partial charge in [0.05, 0.1) is 49.2 Å². The Kier molecular flexibility index (Phi) is 8.83. The third-order valence-corrected chi connectivity index (χ3v) is 5.50. The van der Waals surface area contributed by atoms with E-state index in [1.807, 2.05) is 17.0 Å². The minimum Gasteiger partial charge on any atom is -0.382 e. The van der Waals surface area contributed by atoms with Crippen molar-refractivity contribution in [1.82, 2.24) is 20.1 Å². The molecular weight excluding hydrogens is 436 g/mol. The molecule has 0 aromatic carbocycles. The summed E-state index contributed by atoms with van der Waals surface area (Å²) < 4.78 is 11.0. The number of piperazine rings is 1. The van der Waals surface area contributed by atoms with Crippen LogP contribution in [0.3, 0.4) is 0 Å². The topological polar surface area (TPSA) is 113 Å². The molecule has 11 heteroatoms. The first-order valence-electron chi connectivity index (χ1n) is 10.5. The summed E-state index contributed by atoms with van der Waals surface area (Å²) in [6.07, 6.45) is 3.50. The predicted molar refractivity (Wildman–Crippen MR) is 122 cm³/mol. The lowest BCUT2D eigenvalue weighted by Crippen LogP contribution is -2.49. The predicted octanol–water partition coefficient (Wildman–Crippen LogP) is 1.31. The van der Waals surface area contributed by atoms with Gasteiger partial charge in [-0.1, -0.05) is 11.6 Å². The smallest absolute Gasteiger partial charge is 0.269 e. The van der Waals surface area contributed by atoms with E-state index in [9.17, 15) is 9.59 Å². The molecule has 1 amide bonds. The quantitative estimate of drug-likeness (QED) is 0.506. The molecule has 0 aliphatic carbocycles. The van der Waals surface area contributed by atoms with Crippen LogP contribution in [0.2, 0.25) is 5.02 Å². The maximum absolute atomic E-state index is 12.5. The zero-order chi connectivity index (χ0) is 22.9. The first-order valence-corrected chi connectivity index (χ1v) is 10.9. The third kappa shape index (κ3) is 6.65. The number of methoxy groups -OCH3 is 1. The first kappa shape index (κ1) is 24.0. The van der Waals surface area contributed by atoms with Crippen LogP contribution >= 0.6 is 11.6 Å². The molecule has 1 fully saturated rings. The highest BCUT2D eigenvalue weighted by Gasteiger charge is 2.22. The minimum absolute atomic E-state index is 0.0691. The van der Waals surface area contributed by atoms with Gasteiger partial charge in [0.25, 0.3) is 5.56 Å². The van der Waals surface area contributed by atoms with Gasteiger partial charge in [0.2, 0.25) is 5.91 Å². The zero-order valence-electron chi connectivity index (χ0n) is 18.3. The lowest BCUT2D eigenvalue weighted by Gasteiger charge is -2.35. The van der Waals surface area contributed by atoms with Crippen molar-refractivity contribution >= 4 is 29.0 Å². The summed E-state index contributed by atoms with van der Waals surface area (Å²) in [6.45, 7) is 5.50. The van der Waals surface area contributed by atoms with E-state index in [0.717, 1.165) is 18.9 Å². The fourth-order valence-corrected chi connectivity index (χ4v) is 3.55. The van der Waals surface area contributed by atoms with E-state index in [1.54, 1.807) is 26.4 Å². The van der Waals surface area contributed by atoms with E-state index >= 15 is 0 Å². The van der Waals surface area contributed by atoms with Crippen molar-refractivity contribution in [2.45, 2.75) is 19.4 Å². The number of aromatic nitrogens is 3. The number of nitrogens with zero attached hydrogens (tertiary/aromatic N) is 4. The Bertz CT molecular complexity index is 931. The first-order chi connectivity index (χ1) is 15.5. The molecular formula is C21H29ClN6O4. The largest absolute Gasteiger partial charge is 0.382 e. The van der Waals surface area contributed by atoms with Crippen LogP contribution in [0.4, 0.5) is 11.5 Å². The molecule has 0 unspecified atom stereocenters. The minimum atomic E-state index is -0.246. The molecule has 0 saturated carbocycles. The second-order valence-corrected chi connectivity index (χ2v) is 8.00. The van der Waals surface area contributed by atoms with E-state index in [0.29, 0.717) is 55.6 Å². The van der Waals surface area contributed by atoms with Crippen LogP contribution in [-0.2, 0) is 14.3 Å². The lowest BCUT2D eigenvalue weighted by atomic mass is 10.2. The third-order valence-electron chi connectivity index (χ3n) is 5.28. The standard InChI is InChI=1S/C21H29ClN6O4/c1-15-18(12-24-26-21(15)30)25-17(13-31-2)14-32-10-5-20(29)28-8-6-27(7-9-28)19-4-3-16(22)11-23-19/h3-4,11-12,17H,5-10,13-14H2,1-2H3,(H2,25,26,30)/t17-/m0/s1. The molecule has 3 rings (SSSR count). The number of anilines is 2. The van der Waals surface area contributed by atoms with E-state index in [1.165, 1.54) is 0 Å². The van der Waals surface area contributed by atoms with Crippen LogP contribution in [0.1, 0.15) is 12.0 Å². The Morgan fingerprint density at radius 2 is 2.03 bits per heavy atom. The van der Waals surface area contributed by atoms with Crippen molar-refractivity contribution in [1.29, 1.82) is 0 Å². The molecule has 3 heterocycles. The highest BCUT2D eigenvalue weighted by Crippen LogP contribution is 2.16. The highest BCUT2D eigenvalue weighted by atomic mass is 35.5.